The largest absolute Gasteiger partial charge is 0.459 e. The highest BCUT2D eigenvalue weighted by Crippen LogP contribution is 2.60. The second-order valence-corrected chi connectivity index (χ2v) is 12.7. The fraction of sp³-hybridized carbons (Fsp3) is 0.240. The van der Waals surface area contributed by atoms with Crippen molar-refractivity contribution in [2.75, 3.05) is 0 Å². The van der Waals surface area contributed by atoms with E-state index in [0.29, 0.717) is 0 Å². The Hall–Kier alpha value is -3.85. The molecule has 0 bridgehead atoms. The Kier molecular flexibility index (Phi) is 10.3. The predicted molar refractivity (Wildman–Crippen MR) is 143 cm³/mol. The lowest BCUT2D eigenvalue weighted by molar-refractivity contribution is -0.128. The summed E-state index contributed by atoms with van der Waals surface area (Å²) in [4.78, 5) is 73.7. The van der Waals surface area contributed by atoms with Crippen LogP contribution in [-0.4, -0.2) is 49.4 Å². The molecule has 3 aromatic rings. The van der Waals surface area contributed by atoms with E-state index >= 15 is 0 Å². The molecule has 0 fully saturated rings. The minimum atomic E-state index is -5.85. The average Bonchev–Trinajstić information content (AvgIpc) is 3.47. The van der Waals surface area contributed by atoms with Gasteiger partial charge in [-0.25, -0.2) is 0 Å². The predicted octanol–water partition coefficient (Wildman–Crippen LogP) is 2.29. The van der Waals surface area contributed by atoms with Gasteiger partial charge >= 0.3 is 26.5 Å². The second kappa shape index (κ2) is 13.0. The third-order valence-corrected chi connectivity index (χ3v) is 8.22. The van der Waals surface area contributed by atoms with Crippen molar-refractivity contribution in [1.82, 2.24) is 10.6 Å². The van der Waals surface area contributed by atoms with Crippen molar-refractivity contribution in [1.29, 1.82) is 0 Å². The molecule has 13 nitrogen and oxygen atoms in total. The summed E-state index contributed by atoms with van der Waals surface area (Å²) < 4.78 is 83.2. The molecule has 3 rings (SSSR count). The Morgan fingerprint density at radius 1 is 0.750 bits per heavy atom. The van der Waals surface area contributed by atoms with Crippen LogP contribution in [0.5, 0.6) is 0 Å². The van der Waals surface area contributed by atoms with Gasteiger partial charge < -0.3 is 40.4 Å². The second-order valence-electron chi connectivity index (χ2n) is 9.44. The molecule has 1 heterocycles. The summed E-state index contributed by atoms with van der Waals surface area (Å²) >= 11 is 0. The van der Waals surface area contributed by atoms with Crippen LogP contribution in [0.25, 0.3) is 0 Å². The van der Waals surface area contributed by atoms with Gasteiger partial charge in [0, 0.05) is 24.0 Å². The zero-order chi connectivity index (χ0) is 33.1. The summed E-state index contributed by atoms with van der Waals surface area (Å²) in [6, 6.07) is 6.72. The van der Waals surface area contributed by atoms with Crippen molar-refractivity contribution in [2.24, 2.45) is 5.73 Å². The zero-order valence-corrected chi connectivity index (χ0v) is 23.9. The lowest BCUT2D eigenvalue weighted by atomic mass is 10.0. The minimum Gasteiger partial charge on any atom is -0.459 e. The summed E-state index contributed by atoms with van der Waals surface area (Å²) in [5.74, 6) is -3.17. The van der Waals surface area contributed by atoms with Crippen LogP contribution in [-0.2, 0) is 42.9 Å². The number of hydrogen-bond acceptors (Lipinski definition) is 6. The van der Waals surface area contributed by atoms with E-state index < -0.39 is 67.5 Å². The van der Waals surface area contributed by atoms with Crippen LogP contribution in [0.4, 0.5) is 17.6 Å². The zero-order valence-electron chi connectivity index (χ0n) is 22.1. The van der Waals surface area contributed by atoms with Crippen LogP contribution in [0.2, 0.25) is 0 Å². The Bertz CT molecular complexity index is 1590. The molecule has 0 aliphatic rings. The molecule has 0 saturated heterocycles. The molecule has 3 amide bonds. The Morgan fingerprint density at radius 3 is 1.55 bits per heavy atom. The number of amides is 3. The maximum atomic E-state index is 14.0. The standard InChI is InChI=1S/C25H25F4N3O10P2/c26-24(27,43(36,37)38)16-7-3-14(4-8-16)12-18(21(30)33)31-22(34)19(32-23(35)20-2-1-11-42-20)13-15-5-9-17(10-6-15)25(28,29)44(39,40)41/h1-11,18-19H,12-13H2,(H2,30,33)(H,31,34)(H,32,35)(H2,36,37,38)(H2,39,40,41). The van der Waals surface area contributed by atoms with Crippen LogP contribution in [0.3, 0.4) is 0 Å². The molecule has 8 N–H and O–H groups in total. The number of furan rings is 1. The first-order chi connectivity index (χ1) is 20.2. The van der Waals surface area contributed by atoms with E-state index in [4.69, 9.17) is 29.7 Å². The number of benzene rings is 2. The fourth-order valence-electron chi connectivity index (χ4n) is 3.83. The number of hydrogen-bond donors (Lipinski definition) is 7. The molecule has 0 aliphatic heterocycles. The highest BCUT2D eigenvalue weighted by Gasteiger charge is 2.51. The SMILES string of the molecule is NC(=O)C(Cc1ccc(C(F)(F)P(=O)(O)O)cc1)NC(=O)C(Cc1ccc(C(F)(F)P(=O)(O)O)cc1)NC(=O)c1ccco1. The molecular weight excluding hydrogens is 640 g/mol. The Balaban J connectivity index is 1.83. The van der Waals surface area contributed by atoms with Crippen molar-refractivity contribution < 1.29 is 65.1 Å². The van der Waals surface area contributed by atoms with E-state index in [1.807, 2.05) is 0 Å². The first kappa shape index (κ1) is 34.6. The number of nitrogens with two attached hydrogens (primary N) is 1. The lowest BCUT2D eigenvalue weighted by Gasteiger charge is -2.23. The van der Waals surface area contributed by atoms with Gasteiger partial charge in [-0.15, -0.1) is 0 Å². The smallest absolute Gasteiger partial charge is 0.399 e. The van der Waals surface area contributed by atoms with Crippen LogP contribution < -0.4 is 16.4 Å². The van der Waals surface area contributed by atoms with E-state index in [-0.39, 0.29) is 29.7 Å². The quantitative estimate of drug-likeness (QED) is 0.104. The van der Waals surface area contributed by atoms with E-state index in [2.05, 4.69) is 10.6 Å². The number of primary amides is 1. The van der Waals surface area contributed by atoms with Crippen LogP contribution in [0.15, 0.2) is 71.3 Å². The summed E-state index contributed by atoms with van der Waals surface area (Å²) in [6.45, 7) is 0. The maximum absolute atomic E-state index is 14.0. The summed E-state index contributed by atoms with van der Waals surface area (Å²) in [7, 11) is -11.7. The third-order valence-electron chi connectivity index (χ3n) is 6.24. The molecule has 2 atom stereocenters. The molecule has 2 aromatic carbocycles. The van der Waals surface area contributed by atoms with Gasteiger partial charge in [0.1, 0.15) is 12.1 Å². The summed E-state index contributed by atoms with van der Waals surface area (Å²) in [5, 5.41) is 4.66. The molecular formula is C25H25F4N3O10P2. The molecule has 2 unspecified atom stereocenters. The first-order valence-corrected chi connectivity index (χ1v) is 15.5. The topological polar surface area (TPSA) is 229 Å². The Labute approximate surface area is 245 Å². The van der Waals surface area contributed by atoms with Crippen LogP contribution in [0.1, 0.15) is 32.8 Å². The maximum Gasteiger partial charge on any atom is 0.399 e. The van der Waals surface area contributed by atoms with Crippen molar-refractivity contribution in [2.45, 2.75) is 36.3 Å². The monoisotopic (exact) mass is 665 g/mol. The molecule has 0 saturated carbocycles. The Morgan fingerprint density at radius 2 is 1.18 bits per heavy atom. The average molecular weight is 665 g/mol. The highest BCUT2D eigenvalue weighted by molar-refractivity contribution is 7.52. The fourth-order valence-corrected chi connectivity index (χ4v) is 4.80. The van der Waals surface area contributed by atoms with Gasteiger partial charge in [-0.05, 0) is 23.3 Å². The number of halogens is 4. The molecule has 0 radical (unpaired) electrons. The van der Waals surface area contributed by atoms with Gasteiger partial charge in [0.15, 0.2) is 5.76 Å². The summed E-state index contributed by atoms with van der Waals surface area (Å²) in [5.41, 5.74) is -5.28. The molecule has 0 aliphatic carbocycles. The van der Waals surface area contributed by atoms with Gasteiger partial charge in [0.2, 0.25) is 11.8 Å². The number of carbonyl (C=O) groups excluding carboxylic acids is 3. The van der Waals surface area contributed by atoms with Gasteiger partial charge in [0.25, 0.3) is 5.91 Å². The number of carbonyl (C=O) groups is 3. The van der Waals surface area contributed by atoms with E-state index in [1.54, 1.807) is 0 Å². The van der Waals surface area contributed by atoms with Gasteiger partial charge in [-0.3, -0.25) is 23.5 Å². The van der Waals surface area contributed by atoms with Crippen LogP contribution in [0, 0.1) is 0 Å². The van der Waals surface area contributed by atoms with Gasteiger partial charge in [0.05, 0.1) is 6.26 Å². The molecule has 0 spiro atoms. The van der Waals surface area contributed by atoms with Gasteiger partial charge in [-0.2, -0.15) is 17.6 Å². The van der Waals surface area contributed by atoms with E-state index in [0.717, 1.165) is 48.5 Å². The highest BCUT2D eigenvalue weighted by atomic mass is 31.2. The lowest BCUT2D eigenvalue weighted by Crippen LogP contribution is -2.54. The van der Waals surface area contributed by atoms with E-state index in [9.17, 15) is 41.1 Å². The number of rotatable bonds is 13. The van der Waals surface area contributed by atoms with Gasteiger partial charge in [-0.1, -0.05) is 48.5 Å². The molecule has 19 heteroatoms. The van der Waals surface area contributed by atoms with Crippen molar-refractivity contribution >= 4 is 32.9 Å². The van der Waals surface area contributed by atoms with Crippen molar-refractivity contribution in [3.63, 3.8) is 0 Å². The van der Waals surface area contributed by atoms with Crippen LogP contribution >= 0.6 is 15.2 Å². The van der Waals surface area contributed by atoms with Crippen molar-refractivity contribution in [3.05, 3.63) is 94.9 Å². The van der Waals surface area contributed by atoms with Crippen molar-refractivity contribution in [3.8, 4) is 0 Å². The summed E-state index contributed by atoms with van der Waals surface area (Å²) in [6.07, 6.45) is 0.430. The number of nitrogens with one attached hydrogen (secondary N) is 2. The minimum absolute atomic E-state index is 0.146. The molecule has 1 aromatic heterocycles. The first-order valence-electron chi connectivity index (χ1n) is 12.2. The third kappa shape index (κ3) is 8.00. The molecule has 44 heavy (non-hydrogen) atoms. The van der Waals surface area contributed by atoms with E-state index in [1.165, 1.54) is 18.4 Å². The normalized spacial score (nSPS) is 14.0. The number of alkyl halides is 4. The molecule has 238 valence electrons.